The van der Waals surface area contributed by atoms with Gasteiger partial charge in [-0.25, -0.2) is 0 Å². The lowest BCUT2D eigenvalue weighted by Gasteiger charge is -2.43. The zero-order valence-electron chi connectivity index (χ0n) is 24.4. The summed E-state index contributed by atoms with van der Waals surface area (Å²) < 4.78 is 13.4. The topological polar surface area (TPSA) is 71.0 Å². The standard InChI is InChI=1S/C36H40N2O4/c1-26-34(24-38(22-29-9-5-3-6-10-29)23-30-11-7-4-8-12-30)41-36(33-19-13-28(14-20-33)21-37-27(2)40)42-35(26)32-17-15-31(25-39)16-18-32/h3-20,26,34-36,39H,21-25H2,1-2H3,(H,37,40). The summed E-state index contributed by atoms with van der Waals surface area (Å²) >= 11 is 0. The SMILES string of the molecule is CC(=O)NCc1ccc(C2OC(CN(Cc3ccccc3)Cc3ccccc3)C(C)C(c3ccc(CO)cc3)O2)cc1. The number of hydrogen-bond acceptors (Lipinski definition) is 5. The Labute approximate surface area is 248 Å². The van der Waals surface area contributed by atoms with E-state index in [1.807, 2.05) is 60.7 Å². The van der Waals surface area contributed by atoms with Gasteiger partial charge in [0, 0.05) is 44.6 Å². The van der Waals surface area contributed by atoms with E-state index in [2.05, 4.69) is 65.7 Å². The Morgan fingerprint density at radius 3 is 1.83 bits per heavy atom. The van der Waals surface area contributed by atoms with Crippen LogP contribution in [0.2, 0.25) is 0 Å². The zero-order chi connectivity index (χ0) is 29.3. The first kappa shape index (κ1) is 29.7. The number of hydrogen-bond donors (Lipinski definition) is 2. The third kappa shape index (κ3) is 7.93. The highest BCUT2D eigenvalue weighted by Gasteiger charge is 2.39. The minimum absolute atomic E-state index is 0.00842. The Hall–Kier alpha value is -3.81. The fourth-order valence-electron chi connectivity index (χ4n) is 5.47. The average molecular weight is 565 g/mol. The van der Waals surface area contributed by atoms with Crippen molar-refractivity contribution in [3.63, 3.8) is 0 Å². The molecule has 0 radical (unpaired) electrons. The quantitative estimate of drug-likeness (QED) is 0.223. The summed E-state index contributed by atoms with van der Waals surface area (Å²) in [5, 5.41) is 12.4. The Morgan fingerprint density at radius 1 is 0.738 bits per heavy atom. The lowest BCUT2D eigenvalue weighted by Crippen LogP contribution is -2.44. The van der Waals surface area contributed by atoms with Crippen LogP contribution in [0.1, 0.15) is 59.6 Å². The van der Waals surface area contributed by atoms with Crippen molar-refractivity contribution in [1.29, 1.82) is 0 Å². The fraction of sp³-hybridized carbons (Fsp3) is 0.306. The number of nitrogens with zero attached hydrogens (tertiary/aromatic N) is 1. The Morgan fingerprint density at radius 2 is 1.29 bits per heavy atom. The van der Waals surface area contributed by atoms with E-state index in [0.717, 1.165) is 41.9 Å². The number of amides is 1. The summed E-state index contributed by atoms with van der Waals surface area (Å²) in [5.41, 5.74) is 6.41. The molecule has 0 spiro atoms. The highest BCUT2D eigenvalue weighted by Crippen LogP contribution is 2.42. The van der Waals surface area contributed by atoms with Crippen LogP contribution < -0.4 is 5.32 Å². The van der Waals surface area contributed by atoms with Crippen LogP contribution in [-0.4, -0.2) is 28.6 Å². The molecule has 42 heavy (non-hydrogen) atoms. The lowest BCUT2D eigenvalue weighted by molar-refractivity contribution is -0.276. The van der Waals surface area contributed by atoms with E-state index < -0.39 is 6.29 Å². The predicted octanol–water partition coefficient (Wildman–Crippen LogP) is 6.31. The predicted molar refractivity (Wildman–Crippen MR) is 164 cm³/mol. The van der Waals surface area contributed by atoms with E-state index in [4.69, 9.17) is 9.47 Å². The molecule has 4 unspecified atom stereocenters. The van der Waals surface area contributed by atoms with Crippen molar-refractivity contribution in [3.05, 3.63) is 143 Å². The monoisotopic (exact) mass is 564 g/mol. The van der Waals surface area contributed by atoms with Gasteiger partial charge < -0.3 is 19.9 Å². The highest BCUT2D eigenvalue weighted by atomic mass is 16.7. The van der Waals surface area contributed by atoms with Crippen molar-refractivity contribution in [3.8, 4) is 0 Å². The number of ether oxygens (including phenoxy) is 2. The molecule has 2 N–H and O–H groups in total. The molecule has 6 heteroatoms. The van der Waals surface area contributed by atoms with Gasteiger partial charge in [0.25, 0.3) is 0 Å². The van der Waals surface area contributed by atoms with Gasteiger partial charge in [-0.1, -0.05) is 116 Å². The van der Waals surface area contributed by atoms with Crippen LogP contribution in [0.4, 0.5) is 0 Å². The molecule has 0 bridgehead atoms. The molecular weight excluding hydrogens is 524 g/mol. The van der Waals surface area contributed by atoms with Gasteiger partial charge in [-0.3, -0.25) is 9.69 Å². The molecule has 1 amide bonds. The molecule has 1 aliphatic heterocycles. The largest absolute Gasteiger partial charge is 0.392 e. The molecule has 0 saturated carbocycles. The van der Waals surface area contributed by atoms with Crippen LogP contribution in [0.5, 0.6) is 0 Å². The third-order valence-electron chi connectivity index (χ3n) is 7.85. The summed E-state index contributed by atoms with van der Waals surface area (Å²) in [7, 11) is 0. The number of carbonyl (C=O) groups is 1. The zero-order valence-corrected chi connectivity index (χ0v) is 24.4. The van der Waals surface area contributed by atoms with Gasteiger partial charge in [0.2, 0.25) is 5.91 Å². The molecule has 4 aromatic rings. The minimum atomic E-state index is -0.543. The number of aliphatic hydroxyl groups excluding tert-OH is 1. The number of aliphatic hydroxyl groups is 1. The summed E-state index contributed by atoms with van der Waals surface area (Å²) in [5.74, 6) is 0.0229. The second kappa shape index (κ2) is 14.4. The van der Waals surface area contributed by atoms with Crippen molar-refractivity contribution in [2.45, 2.75) is 58.6 Å². The number of benzene rings is 4. The smallest absolute Gasteiger partial charge is 0.217 e. The molecule has 6 nitrogen and oxygen atoms in total. The van der Waals surface area contributed by atoms with E-state index in [1.54, 1.807) is 0 Å². The summed E-state index contributed by atoms with van der Waals surface area (Å²) in [6.45, 7) is 6.56. The van der Waals surface area contributed by atoms with Gasteiger partial charge in [0.15, 0.2) is 6.29 Å². The summed E-state index contributed by atoms with van der Waals surface area (Å²) in [6, 6.07) is 37.2. The second-order valence-electron chi connectivity index (χ2n) is 11.1. The fourth-order valence-corrected chi connectivity index (χ4v) is 5.47. The van der Waals surface area contributed by atoms with Gasteiger partial charge >= 0.3 is 0 Å². The number of carbonyl (C=O) groups excluding carboxylic acids is 1. The molecule has 218 valence electrons. The first-order valence-corrected chi connectivity index (χ1v) is 14.6. The molecule has 5 rings (SSSR count). The molecule has 1 saturated heterocycles. The van der Waals surface area contributed by atoms with Crippen LogP contribution in [-0.2, 0) is 40.5 Å². The molecule has 4 atom stereocenters. The van der Waals surface area contributed by atoms with Gasteiger partial charge in [0.1, 0.15) is 0 Å². The highest BCUT2D eigenvalue weighted by molar-refractivity contribution is 5.72. The van der Waals surface area contributed by atoms with E-state index >= 15 is 0 Å². The van der Waals surface area contributed by atoms with Gasteiger partial charge in [-0.05, 0) is 27.8 Å². The van der Waals surface area contributed by atoms with Crippen molar-refractivity contribution in [2.24, 2.45) is 5.92 Å². The summed E-state index contributed by atoms with van der Waals surface area (Å²) in [6.07, 6.45) is -0.826. The first-order valence-electron chi connectivity index (χ1n) is 14.6. The first-order chi connectivity index (χ1) is 20.5. The molecule has 4 aromatic carbocycles. The van der Waals surface area contributed by atoms with Crippen LogP contribution in [0, 0.1) is 5.92 Å². The van der Waals surface area contributed by atoms with E-state index in [-0.39, 0.29) is 30.6 Å². The van der Waals surface area contributed by atoms with Gasteiger partial charge in [0.05, 0.1) is 18.8 Å². The van der Waals surface area contributed by atoms with E-state index in [0.29, 0.717) is 6.54 Å². The van der Waals surface area contributed by atoms with Crippen molar-refractivity contribution in [2.75, 3.05) is 6.54 Å². The maximum absolute atomic E-state index is 11.4. The van der Waals surface area contributed by atoms with Gasteiger partial charge in [-0.15, -0.1) is 0 Å². The molecule has 1 fully saturated rings. The van der Waals surface area contributed by atoms with Crippen LogP contribution in [0.3, 0.4) is 0 Å². The van der Waals surface area contributed by atoms with Crippen LogP contribution >= 0.6 is 0 Å². The van der Waals surface area contributed by atoms with Crippen molar-refractivity contribution < 1.29 is 19.4 Å². The third-order valence-corrected chi connectivity index (χ3v) is 7.85. The molecule has 0 aliphatic carbocycles. The van der Waals surface area contributed by atoms with Crippen molar-refractivity contribution >= 4 is 5.91 Å². The van der Waals surface area contributed by atoms with Crippen molar-refractivity contribution in [1.82, 2.24) is 10.2 Å². The number of rotatable bonds is 11. The van der Waals surface area contributed by atoms with Crippen LogP contribution in [0.25, 0.3) is 0 Å². The minimum Gasteiger partial charge on any atom is -0.392 e. The van der Waals surface area contributed by atoms with Crippen LogP contribution in [0.15, 0.2) is 109 Å². The molecule has 0 aromatic heterocycles. The second-order valence-corrected chi connectivity index (χ2v) is 11.1. The number of nitrogens with one attached hydrogen (secondary N) is 1. The Kier molecular flexibility index (Phi) is 10.2. The van der Waals surface area contributed by atoms with Gasteiger partial charge in [-0.2, -0.15) is 0 Å². The normalized spacial score (nSPS) is 20.4. The molecule has 1 aliphatic rings. The maximum Gasteiger partial charge on any atom is 0.217 e. The molecule has 1 heterocycles. The Bertz CT molecular complexity index is 1350. The lowest BCUT2D eigenvalue weighted by atomic mass is 9.89. The summed E-state index contributed by atoms with van der Waals surface area (Å²) in [4.78, 5) is 13.8. The maximum atomic E-state index is 11.4. The van der Waals surface area contributed by atoms with E-state index in [9.17, 15) is 9.90 Å². The molecular formula is C36H40N2O4. The Balaban J connectivity index is 1.41. The average Bonchev–Trinajstić information content (AvgIpc) is 3.02. The van der Waals surface area contributed by atoms with E-state index in [1.165, 1.54) is 18.1 Å².